The normalized spacial score (nSPS) is 15.8. The molecule has 134 valence electrons. The van der Waals surface area contributed by atoms with Crippen molar-refractivity contribution in [2.24, 2.45) is 5.73 Å². The van der Waals surface area contributed by atoms with E-state index in [0.717, 1.165) is 31.5 Å². The molecule has 1 aromatic rings. The third-order valence-corrected chi connectivity index (χ3v) is 4.25. The van der Waals surface area contributed by atoms with Crippen molar-refractivity contribution < 1.29 is 9.59 Å². The number of nitrogens with zero attached hydrogens (tertiary/aromatic N) is 1. The number of likely N-dealkylation sites (tertiary alicyclic amines) is 1. The minimum atomic E-state index is -0.308. The second-order valence-electron chi connectivity index (χ2n) is 6.12. The highest BCUT2D eigenvalue weighted by molar-refractivity contribution is 5.85. The van der Waals surface area contributed by atoms with Gasteiger partial charge in [0.15, 0.2) is 0 Å². The van der Waals surface area contributed by atoms with Crippen molar-refractivity contribution in [1.29, 1.82) is 0 Å². The molecular formula is C18H28ClN3O2. The van der Waals surface area contributed by atoms with Crippen LogP contribution in [0.1, 0.15) is 50.1 Å². The molecule has 6 heteroatoms. The van der Waals surface area contributed by atoms with E-state index in [9.17, 15) is 9.59 Å². The summed E-state index contributed by atoms with van der Waals surface area (Å²) in [5, 5.41) is 2.80. The van der Waals surface area contributed by atoms with Crippen LogP contribution in [0, 0.1) is 0 Å². The van der Waals surface area contributed by atoms with Crippen molar-refractivity contribution in [3.05, 3.63) is 35.9 Å². The Morgan fingerprint density at radius 3 is 2.33 bits per heavy atom. The van der Waals surface area contributed by atoms with Gasteiger partial charge in [-0.3, -0.25) is 9.59 Å². The van der Waals surface area contributed by atoms with Crippen LogP contribution in [0.15, 0.2) is 30.3 Å². The third kappa shape index (κ3) is 6.89. The molecule has 1 saturated heterocycles. The molecular weight excluding hydrogens is 326 g/mol. The number of carbonyl (C=O) groups excluding carboxylic acids is 2. The number of nitrogens with two attached hydrogens (primary N) is 1. The Kier molecular flexibility index (Phi) is 9.42. The highest BCUT2D eigenvalue weighted by Crippen LogP contribution is 2.13. The van der Waals surface area contributed by atoms with Gasteiger partial charge in [0.1, 0.15) is 0 Å². The van der Waals surface area contributed by atoms with Gasteiger partial charge in [-0.05, 0) is 18.4 Å². The summed E-state index contributed by atoms with van der Waals surface area (Å²) in [7, 11) is 0. The van der Waals surface area contributed by atoms with Gasteiger partial charge in [-0.15, -0.1) is 12.4 Å². The fourth-order valence-corrected chi connectivity index (χ4v) is 2.88. The minimum Gasteiger partial charge on any atom is -0.356 e. The fraction of sp³-hybridized carbons (Fsp3) is 0.556. The standard InChI is InChI=1S/C18H27N3O2.ClH/c19-16(15-8-4-3-5-9-15)14-17(22)20-11-10-18(23)21-12-6-1-2-7-13-21;/h3-5,8-9,16H,1-2,6-7,10-14,19H2,(H,20,22);1H. The minimum absolute atomic E-state index is 0. The Morgan fingerprint density at radius 2 is 1.71 bits per heavy atom. The number of benzene rings is 1. The van der Waals surface area contributed by atoms with Crippen LogP contribution in [0.3, 0.4) is 0 Å². The molecule has 1 aliphatic heterocycles. The van der Waals surface area contributed by atoms with Gasteiger partial charge in [0, 0.05) is 38.5 Å². The van der Waals surface area contributed by atoms with Gasteiger partial charge in [-0.1, -0.05) is 43.2 Å². The van der Waals surface area contributed by atoms with E-state index in [1.807, 2.05) is 35.2 Å². The number of hydrogen-bond acceptors (Lipinski definition) is 3. The lowest BCUT2D eigenvalue weighted by molar-refractivity contribution is -0.131. The van der Waals surface area contributed by atoms with E-state index in [4.69, 9.17) is 5.73 Å². The van der Waals surface area contributed by atoms with E-state index < -0.39 is 0 Å². The number of hydrogen-bond donors (Lipinski definition) is 2. The van der Waals surface area contributed by atoms with Crippen molar-refractivity contribution >= 4 is 24.2 Å². The average Bonchev–Trinajstić information content (AvgIpc) is 2.85. The molecule has 1 unspecified atom stereocenters. The van der Waals surface area contributed by atoms with Crippen LogP contribution in [0.25, 0.3) is 0 Å². The molecule has 1 fully saturated rings. The molecule has 1 atom stereocenters. The highest BCUT2D eigenvalue weighted by Gasteiger charge is 2.16. The lowest BCUT2D eigenvalue weighted by Crippen LogP contribution is -2.35. The van der Waals surface area contributed by atoms with E-state index in [-0.39, 0.29) is 36.7 Å². The second kappa shape index (κ2) is 11.0. The summed E-state index contributed by atoms with van der Waals surface area (Å²) in [6, 6.07) is 9.27. The topological polar surface area (TPSA) is 75.4 Å². The maximum Gasteiger partial charge on any atom is 0.224 e. The summed E-state index contributed by atoms with van der Waals surface area (Å²) in [5.74, 6) is 0.0320. The lowest BCUT2D eigenvalue weighted by Gasteiger charge is -2.20. The molecule has 3 N–H and O–H groups in total. The molecule has 2 amide bonds. The Balaban J connectivity index is 0.00000288. The first-order chi connectivity index (χ1) is 11.2. The quantitative estimate of drug-likeness (QED) is 0.824. The number of rotatable bonds is 6. The summed E-state index contributed by atoms with van der Waals surface area (Å²) in [6.45, 7) is 2.09. The van der Waals surface area contributed by atoms with Gasteiger partial charge in [0.25, 0.3) is 0 Å². The Labute approximate surface area is 150 Å². The molecule has 0 radical (unpaired) electrons. The first-order valence-electron chi connectivity index (χ1n) is 8.52. The van der Waals surface area contributed by atoms with Crippen LogP contribution in [0.5, 0.6) is 0 Å². The van der Waals surface area contributed by atoms with E-state index in [0.29, 0.717) is 13.0 Å². The Bertz CT molecular complexity index is 502. The molecule has 0 bridgehead atoms. The fourth-order valence-electron chi connectivity index (χ4n) is 2.88. The van der Waals surface area contributed by atoms with Crippen molar-refractivity contribution in [3.63, 3.8) is 0 Å². The predicted octanol–water partition coefficient (Wildman–Crippen LogP) is 2.41. The Morgan fingerprint density at radius 1 is 1.08 bits per heavy atom. The number of amides is 2. The average molecular weight is 354 g/mol. The van der Waals surface area contributed by atoms with Crippen LogP contribution < -0.4 is 11.1 Å². The number of carbonyl (C=O) groups is 2. The summed E-state index contributed by atoms with van der Waals surface area (Å²) < 4.78 is 0. The molecule has 1 heterocycles. The van der Waals surface area contributed by atoms with Crippen molar-refractivity contribution in [2.75, 3.05) is 19.6 Å². The predicted molar refractivity (Wildman–Crippen MR) is 97.9 cm³/mol. The number of nitrogens with one attached hydrogen (secondary N) is 1. The maximum absolute atomic E-state index is 12.1. The van der Waals surface area contributed by atoms with Crippen LogP contribution in [-0.2, 0) is 9.59 Å². The second-order valence-corrected chi connectivity index (χ2v) is 6.12. The van der Waals surface area contributed by atoms with Gasteiger partial charge in [0.2, 0.25) is 11.8 Å². The molecule has 0 aromatic heterocycles. The summed E-state index contributed by atoms with van der Waals surface area (Å²) in [4.78, 5) is 26.0. The van der Waals surface area contributed by atoms with Gasteiger partial charge in [-0.2, -0.15) is 0 Å². The maximum atomic E-state index is 12.1. The van der Waals surface area contributed by atoms with Crippen LogP contribution in [0.4, 0.5) is 0 Å². The van der Waals surface area contributed by atoms with Crippen LogP contribution in [-0.4, -0.2) is 36.3 Å². The van der Waals surface area contributed by atoms with Crippen LogP contribution in [0.2, 0.25) is 0 Å². The van der Waals surface area contributed by atoms with E-state index in [1.54, 1.807) is 0 Å². The van der Waals surface area contributed by atoms with Crippen molar-refractivity contribution in [2.45, 2.75) is 44.6 Å². The molecule has 24 heavy (non-hydrogen) atoms. The molecule has 1 aliphatic rings. The molecule has 5 nitrogen and oxygen atoms in total. The van der Waals surface area contributed by atoms with E-state index >= 15 is 0 Å². The zero-order valence-corrected chi connectivity index (χ0v) is 14.9. The van der Waals surface area contributed by atoms with E-state index in [1.165, 1.54) is 12.8 Å². The zero-order valence-electron chi connectivity index (χ0n) is 14.1. The molecule has 2 rings (SSSR count). The third-order valence-electron chi connectivity index (χ3n) is 4.25. The summed E-state index contributed by atoms with van der Waals surface area (Å²) >= 11 is 0. The smallest absolute Gasteiger partial charge is 0.224 e. The monoisotopic (exact) mass is 353 g/mol. The van der Waals surface area contributed by atoms with Gasteiger partial charge < -0.3 is 16.0 Å². The highest BCUT2D eigenvalue weighted by atomic mass is 35.5. The van der Waals surface area contributed by atoms with Gasteiger partial charge in [-0.25, -0.2) is 0 Å². The SMILES string of the molecule is Cl.NC(CC(=O)NCCC(=O)N1CCCCCC1)c1ccccc1. The summed E-state index contributed by atoms with van der Waals surface area (Å²) in [5.41, 5.74) is 6.97. The van der Waals surface area contributed by atoms with Crippen molar-refractivity contribution in [1.82, 2.24) is 10.2 Å². The van der Waals surface area contributed by atoms with Crippen molar-refractivity contribution in [3.8, 4) is 0 Å². The van der Waals surface area contributed by atoms with Gasteiger partial charge in [0.05, 0.1) is 0 Å². The number of halogens is 1. The van der Waals surface area contributed by atoms with Crippen LogP contribution >= 0.6 is 12.4 Å². The molecule has 0 spiro atoms. The first kappa shape index (κ1) is 20.5. The summed E-state index contributed by atoms with van der Waals surface area (Å²) in [6.07, 6.45) is 5.19. The largest absolute Gasteiger partial charge is 0.356 e. The molecule has 0 saturated carbocycles. The lowest BCUT2D eigenvalue weighted by atomic mass is 10.0. The first-order valence-corrected chi connectivity index (χ1v) is 8.52. The zero-order chi connectivity index (χ0) is 16.5. The van der Waals surface area contributed by atoms with Gasteiger partial charge >= 0.3 is 0 Å². The molecule has 0 aliphatic carbocycles. The molecule has 1 aromatic carbocycles. The Hall–Kier alpha value is -1.59. The van der Waals surface area contributed by atoms with E-state index in [2.05, 4.69) is 5.32 Å².